The summed E-state index contributed by atoms with van der Waals surface area (Å²) in [4.78, 5) is 0. The van der Waals surface area contributed by atoms with Crippen molar-refractivity contribution in [3.05, 3.63) is 76.6 Å². The second kappa shape index (κ2) is 8.94. The Hall–Kier alpha value is -2.42. The number of allylic oxidation sites excluding steroid dienone is 1. The molecule has 2 heterocycles. The van der Waals surface area contributed by atoms with Crippen LogP contribution >= 0.6 is 39.3 Å². The van der Waals surface area contributed by atoms with Gasteiger partial charge in [0, 0.05) is 16.6 Å². The van der Waals surface area contributed by atoms with Gasteiger partial charge in [0.05, 0.1) is 16.3 Å². The van der Waals surface area contributed by atoms with E-state index in [2.05, 4.69) is 42.9 Å². The molecule has 0 radical (unpaired) electrons. The standard InChI is InChI=1S/C20H15BrClN5OS/c1-2-11-27-18(13-7-9-14(21)10-8-13)24-26-20(27)29-12-17-23-25-19(28-17)15-5-3-4-6-16(15)22/h2-10H,1,11-12H2. The van der Waals surface area contributed by atoms with E-state index in [0.29, 0.717) is 34.7 Å². The fraction of sp³-hybridized carbons (Fsp3) is 0.100. The van der Waals surface area contributed by atoms with Crippen molar-refractivity contribution in [2.45, 2.75) is 17.5 Å². The van der Waals surface area contributed by atoms with Gasteiger partial charge in [0.2, 0.25) is 11.8 Å². The molecule has 4 aromatic rings. The van der Waals surface area contributed by atoms with Crippen LogP contribution in [0.3, 0.4) is 0 Å². The number of hydrogen-bond donors (Lipinski definition) is 0. The van der Waals surface area contributed by atoms with Crippen molar-refractivity contribution in [1.29, 1.82) is 0 Å². The van der Waals surface area contributed by atoms with Crippen molar-refractivity contribution in [3.8, 4) is 22.8 Å². The molecule has 0 atom stereocenters. The maximum absolute atomic E-state index is 6.20. The highest BCUT2D eigenvalue weighted by molar-refractivity contribution is 9.10. The summed E-state index contributed by atoms with van der Waals surface area (Å²) in [6, 6.07) is 15.3. The third-order valence-corrected chi connectivity index (χ3v) is 5.84. The molecule has 146 valence electrons. The SMILES string of the molecule is C=CCn1c(SCc2nnc(-c3ccccc3Cl)o2)nnc1-c1ccc(Br)cc1. The van der Waals surface area contributed by atoms with Gasteiger partial charge in [0.15, 0.2) is 11.0 Å². The predicted molar refractivity (Wildman–Crippen MR) is 118 cm³/mol. The summed E-state index contributed by atoms with van der Waals surface area (Å²) in [6.07, 6.45) is 1.82. The minimum Gasteiger partial charge on any atom is -0.420 e. The van der Waals surface area contributed by atoms with E-state index >= 15 is 0 Å². The summed E-state index contributed by atoms with van der Waals surface area (Å²) in [5.41, 5.74) is 1.69. The quantitative estimate of drug-likeness (QED) is 0.239. The third-order valence-electron chi connectivity index (χ3n) is 4.03. The molecule has 0 saturated heterocycles. The Labute approximate surface area is 185 Å². The zero-order valence-corrected chi connectivity index (χ0v) is 18.3. The molecular formula is C20H15BrClN5OS. The van der Waals surface area contributed by atoms with E-state index in [4.69, 9.17) is 16.0 Å². The molecule has 2 aromatic heterocycles. The molecule has 0 unspecified atom stereocenters. The average Bonchev–Trinajstić information content (AvgIpc) is 3.35. The van der Waals surface area contributed by atoms with Crippen molar-refractivity contribution >= 4 is 39.3 Å². The highest BCUT2D eigenvalue weighted by Gasteiger charge is 2.16. The van der Waals surface area contributed by atoms with Crippen LogP contribution < -0.4 is 0 Å². The number of thioether (sulfide) groups is 1. The predicted octanol–water partition coefficient (Wildman–Crippen LogP) is 5.89. The lowest BCUT2D eigenvalue weighted by molar-refractivity contribution is 0.528. The molecule has 6 nitrogen and oxygen atoms in total. The van der Waals surface area contributed by atoms with Crippen LogP contribution in [0, 0.1) is 0 Å². The van der Waals surface area contributed by atoms with Crippen LogP contribution in [0.4, 0.5) is 0 Å². The van der Waals surface area contributed by atoms with Crippen molar-refractivity contribution in [2.24, 2.45) is 0 Å². The molecule has 0 saturated carbocycles. The maximum atomic E-state index is 6.20. The van der Waals surface area contributed by atoms with Gasteiger partial charge in [-0.15, -0.1) is 27.0 Å². The molecule has 0 fully saturated rings. The first-order valence-corrected chi connectivity index (χ1v) is 10.8. The van der Waals surface area contributed by atoms with E-state index in [-0.39, 0.29) is 0 Å². The third kappa shape index (κ3) is 4.44. The number of hydrogen-bond acceptors (Lipinski definition) is 6. The molecule has 0 bridgehead atoms. The Morgan fingerprint density at radius 3 is 2.62 bits per heavy atom. The first kappa shape index (κ1) is 19.9. The Kier molecular flexibility index (Phi) is 6.13. The van der Waals surface area contributed by atoms with Gasteiger partial charge < -0.3 is 4.42 Å². The van der Waals surface area contributed by atoms with Gasteiger partial charge in [-0.25, -0.2) is 0 Å². The summed E-state index contributed by atoms with van der Waals surface area (Å²) in [5, 5.41) is 18.2. The second-order valence-electron chi connectivity index (χ2n) is 5.98. The van der Waals surface area contributed by atoms with Crippen molar-refractivity contribution < 1.29 is 4.42 Å². The van der Waals surface area contributed by atoms with Crippen LogP contribution in [0.2, 0.25) is 5.02 Å². The number of rotatable bonds is 7. The first-order chi connectivity index (χ1) is 14.2. The molecule has 0 aliphatic rings. The molecule has 0 spiro atoms. The van der Waals surface area contributed by atoms with Gasteiger partial charge in [0.1, 0.15) is 0 Å². The van der Waals surface area contributed by atoms with Gasteiger partial charge in [-0.1, -0.05) is 69.6 Å². The lowest BCUT2D eigenvalue weighted by Gasteiger charge is -2.07. The van der Waals surface area contributed by atoms with Crippen molar-refractivity contribution in [3.63, 3.8) is 0 Å². The minimum absolute atomic E-state index is 0.398. The van der Waals surface area contributed by atoms with Crippen LogP contribution in [0.5, 0.6) is 0 Å². The van der Waals surface area contributed by atoms with Crippen LogP contribution in [0.1, 0.15) is 5.89 Å². The van der Waals surface area contributed by atoms with Gasteiger partial charge in [-0.2, -0.15) is 0 Å². The minimum atomic E-state index is 0.398. The molecule has 9 heteroatoms. The van der Waals surface area contributed by atoms with Crippen LogP contribution in [-0.2, 0) is 12.3 Å². The highest BCUT2D eigenvalue weighted by atomic mass is 79.9. The van der Waals surface area contributed by atoms with Crippen molar-refractivity contribution in [2.75, 3.05) is 0 Å². The van der Waals surface area contributed by atoms with Crippen molar-refractivity contribution in [1.82, 2.24) is 25.0 Å². The molecule has 0 amide bonds. The molecule has 2 aromatic carbocycles. The van der Waals surface area contributed by atoms with Crippen LogP contribution in [0.25, 0.3) is 22.8 Å². The average molecular weight is 489 g/mol. The lowest BCUT2D eigenvalue weighted by atomic mass is 10.2. The van der Waals surface area contributed by atoms with E-state index < -0.39 is 0 Å². The number of halogens is 2. The monoisotopic (exact) mass is 487 g/mol. The van der Waals surface area contributed by atoms with Gasteiger partial charge >= 0.3 is 0 Å². The molecule has 4 rings (SSSR count). The number of aromatic nitrogens is 5. The number of nitrogens with zero attached hydrogens (tertiary/aromatic N) is 5. The van der Waals surface area contributed by atoms with E-state index in [1.54, 1.807) is 6.07 Å². The topological polar surface area (TPSA) is 69.6 Å². The zero-order valence-electron chi connectivity index (χ0n) is 15.1. The Morgan fingerprint density at radius 2 is 1.86 bits per heavy atom. The highest BCUT2D eigenvalue weighted by Crippen LogP contribution is 2.29. The smallest absolute Gasteiger partial charge is 0.249 e. The van der Waals surface area contributed by atoms with Crippen LogP contribution in [-0.4, -0.2) is 25.0 Å². The van der Waals surface area contributed by atoms with E-state index in [1.165, 1.54) is 11.8 Å². The summed E-state index contributed by atoms with van der Waals surface area (Å²) >= 11 is 11.1. The summed E-state index contributed by atoms with van der Waals surface area (Å²) in [7, 11) is 0. The Morgan fingerprint density at radius 1 is 1.07 bits per heavy atom. The molecular weight excluding hydrogens is 474 g/mol. The molecule has 0 N–H and O–H groups in total. The summed E-state index contributed by atoms with van der Waals surface area (Å²) in [6.45, 7) is 4.44. The number of benzene rings is 2. The Bertz CT molecular complexity index is 1140. The normalized spacial score (nSPS) is 11.0. The molecule has 29 heavy (non-hydrogen) atoms. The summed E-state index contributed by atoms with van der Waals surface area (Å²) < 4.78 is 8.78. The Balaban J connectivity index is 1.54. The van der Waals surface area contributed by atoms with E-state index in [0.717, 1.165) is 21.0 Å². The second-order valence-corrected chi connectivity index (χ2v) is 8.25. The first-order valence-electron chi connectivity index (χ1n) is 8.66. The summed E-state index contributed by atoms with van der Waals surface area (Å²) in [5.74, 6) is 2.13. The van der Waals surface area contributed by atoms with Gasteiger partial charge in [-0.05, 0) is 24.3 Å². The largest absolute Gasteiger partial charge is 0.420 e. The van der Waals surface area contributed by atoms with Gasteiger partial charge in [0.25, 0.3) is 0 Å². The van der Waals surface area contributed by atoms with Gasteiger partial charge in [-0.3, -0.25) is 4.57 Å². The van der Waals surface area contributed by atoms with E-state index in [9.17, 15) is 0 Å². The van der Waals surface area contributed by atoms with E-state index in [1.807, 2.05) is 53.1 Å². The zero-order chi connectivity index (χ0) is 20.2. The van der Waals surface area contributed by atoms with Crippen LogP contribution in [0.15, 0.2) is 75.2 Å². The molecule has 0 aliphatic carbocycles. The fourth-order valence-electron chi connectivity index (χ4n) is 2.68. The lowest BCUT2D eigenvalue weighted by Crippen LogP contribution is -2.00. The molecule has 0 aliphatic heterocycles. The fourth-order valence-corrected chi connectivity index (χ4v) is 3.95. The maximum Gasteiger partial charge on any atom is 0.249 e.